The maximum Gasteiger partial charge on any atom is 0.174 e. The van der Waals surface area contributed by atoms with Crippen LogP contribution in [0.4, 0.5) is 0 Å². The molecule has 2 heterocycles. The van der Waals surface area contributed by atoms with E-state index >= 15 is 0 Å². The van der Waals surface area contributed by atoms with E-state index in [9.17, 15) is 0 Å². The first kappa shape index (κ1) is 26.7. The maximum absolute atomic E-state index is 5.19. The smallest absolute Gasteiger partial charge is 0.174 e. The van der Waals surface area contributed by atoms with Gasteiger partial charge < -0.3 is 0 Å². The van der Waals surface area contributed by atoms with E-state index in [4.69, 9.17) is 15.0 Å². The van der Waals surface area contributed by atoms with Gasteiger partial charge in [0.05, 0.1) is 4.88 Å². The van der Waals surface area contributed by atoms with Crippen LogP contribution in [0.5, 0.6) is 0 Å². The number of thiophene rings is 1. The predicted octanol–water partition coefficient (Wildman–Crippen LogP) is 10.6. The van der Waals surface area contributed by atoms with Crippen LogP contribution in [0.2, 0.25) is 0 Å². The Bertz CT molecular complexity index is 2030. The van der Waals surface area contributed by atoms with E-state index in [0.29, 0.717) is 5.82 Å². The first-order valence-electron chi connectivity index (χ1n) is 15.2. The molecule has 0 unspecified atom stereocenters. The van der Waals surface area contributed by atoms with Gasteiger partial charge >= 0.3 is 0 Å². The molecular weight excluding hydrogens is 555 g/mol. The van der Waals surface area contributed by atoms with Gasteiger partial charge in [0, 0.05) is 21.4 Å². The van der Waals surface area contributed by atoms with E-state index in [1.165, 1.54) is 21.6 Å². The van der Waals surface area contributed by atoms with E-state index < -0.39 is 0 Å². The Morgan fingerprint density at radius 3 is 1.86 bits per heavy atom. The minimum absolute atomic E-state index is 0.0669. The summed E-state index contributed by atoms with van der Waals surface area (Å²) in [5.74, 6) is 2.14. The molecule has 0 amide bonds. The van der Waals surface area contributed by atoms with Crippen molar-refractivity contribution in [1.82, 2.24) is 15.0 Å². The second-order valence-electron chi connectivity index (χ2n) is 12.0. The van der Waals surface area contributed by atoms with Crippen LogP contribution in [0.1, 0.15) is 43.6 Å². The van der Waals surface area contributed by atoms with Gasteiger partial charge in [0.2, 0.25) is 0 Å². The fourth-order valence-electron chi connectivity index (χ4n) is 6.41. The Morgan fingerprint density at radius 1 is 0.568 bits per heavy atom. The third-order valence-electron chi connectivity index (χ3n) is 8.76. The van der Waals surface area contributed by atoms with Crippen LogP contribution in [-0.2, 0) is 5.41 Å². The highest BCUT2D eigenvalue weighted by molar-refractivity contribution is 7.19. The Balaban J connectivity index is 1.33. The largest absolute Gasteiger partial charge is 0.208 e. The molecule has 0 aliphatic heterocycles. The summed E-state index contributed by atoms with van der Waals surface area (Å²) in [4.78, 5) is 17.8. The molecule has 2 aliphatic carbocycles. The van der Waals surface area contributed by atoms with Crippen molar-refractivity contribution in [2.45, 2.75) is 32.1 Å². The average molecular weight is 586 g/mol. The van der Waals surface area contributed by atoms with Crippen LogP contribution in [0.3, 0.4) is 0 Å². The van der Waals surface area contributed by atoms with Crippen molar-refractivity contribution in [3.05, 3.63) is 144 Å². The molecule has 0 N–H and O–H groups in total. The van der Waals surface area contributed by atoms with Crippen LogP contribution < -0.4 is 0 Å². The summed E-state index contributed by atoms with van der Waals surface area (Å²) in [6.45, 7) is 4.63. The molecule has 44 heavy (non-hydrogen) atoms. The molecule has 0 bridgehead atoms. The van der Waals surface area contributed by atoms with Crippen molar-refractivity contribution < 1.29 is 0 Å². The van der Waals surface area contributed by atoms with E-state index in [1.807, 2.05) is 0 Å². The lowest BCUT2D eigenvalue weighted by molar-refractivity contribution is 0.662. The molecule has 0 saturated heterocycles. The number of fused-ring (bicyclic) bond motifs is 3. The number of benzene rings is 4. The van der Waals surface area contributed by atoms with Crippen molar-refractivity contribution in [3.63, 3.8) is 0 Å². The zero-order valence-electron chi connectivity index (χ0n) is 24.8. The Labute approximate surface area is 262 Å². The molecule has 212 valence electrons. The van der Waals surface area contributed by atoms with Crippen molar-refractivity contribution >= 4 is 16.9 Å². The maximum atomic E-state index is 5.19. The van der Waals surface area contributed by atoms with Crippen LogP contribution in [-0.4, -0.2) is 15.0 Å². The molecular formula is C40H31N3S. The standard InChI is InChI=1S/C40H31N3S/c1-40(2)33-21-13-12-20-32(33)36-34(40)25-35(44-36)39-42-37(28-18-10-5-11-19-28)41-38(43-39)31-23-29(26-14-6-3-7-15-26)22-30(24-31)27-16-8-4-9-17-27/h3-4,6-10,12-25H,5,11H2,1-2H3. The van der Waals surface area contributed by atoms with Gasteiger partial charge in [0.25, 0.3) is 0 Å². The fourth-order valence-corrected chi connectivity index (χ4v) is 7.70. The summed E-state index contributed by atoms with van der Waals surface area (Å²) < 4.78 is 0. The van der Waals surface area contributed by atoms with Gasteiger partial charge in [-0.1, -0.05) is 117 Å². The van der Waals surface area contributed by atoms with E-state index in [1.54, 1.807) is 11.3 Å². The normalized spacial score (nSPS) is 14.6. The van der Waals surface area contributed by atoms with Gasteiger partial charge in [-0.2, -0.15) is 0 Å². The monoisotopic (exact) mass is 585 g/mol. The third kappa shape index (κ3) is 4.63. The van der Waals surface area contributed by atoms with Gasteiger partial charge in [-0.05, 0) is 76.1 Å². The summed E-state index contributed by atoms with van der Waals surface area (Å²) >= 11 is 1.79. The number of hydrogen-bond donors (Lipinski definition) is 0. The molecule has 0 fully saturated rings. The summed E-state index contributed by atoms with van der Waals surface area (Å²) in [5, 5.41) is 0. The minimum Gasteiger partial charge on any atom is -0.208 e. The van der Waals surface area contributed by atoms with Gasteiger partial charge in [0.1, 0.15) is 0 Å². The van der Waals surface area contributed by atoms with Gasteiger partial charge in [-0.3, -0.25) is 0 Å². The molecule has 8 rings (SSSR count). The highest BCUT2D eigenvalue weighted by Gasteiger charge is 2.37. The fraction of sp³-hybridized carbons (Fsp3) is 0.125. The van der Waals surface area contributed by atoms with Crippen LogP contribution in [0, 0.1) is 0 Å². The molecule has 0 atom stereocenters. The second kappa shape index (κ2) is 10.7. The van der Waals surface area contributed by atoms with Crippen LogP contribution in [0.15, 0.2) is 127 Å². The quantitative estimate of drug-likeness (QED) is 0.202. The summed E-state index contributed by atoms with van der Waals surface area (Å²) in [6.07, 6.45) is 8.63. The van der Waals surface area contributed by atoms with Crippen molar-refractivity contribution in [3.8, 4) is 54.8 Å². The van der Waals surface area contributed by atoms with Crippen molar-refractivity contribution in [2.75, 3.05) is 0 Å². The van der Waals surface area contributed by atoms with Crippen molar-refractivity contribution in [2.24, 2.45) is 0 Å². The summed E-state index contributed by atoms with van der Waals surface area (Å²) in [6, 6.07) is 38.8. The SMILES string of the molecule is CC1(C)c2ccccc2-c2sc(-c3nc(C4=CCCC=C4)nc(-c4cc(-c5ccccc5)cc(-c5ccccc5)c4)n3)cc21. The minimum atomic E-state index is -0.0669. The molecule has 4 aromatic carbocycles. The Hall–Kier alpha value is -4.93. The van der Waals surface area contributed by atoms with Gasteiger partial charge in [0.15, 0.2) is 17.5 Å². The van der Waals surface area contributed by atoms with E-state index in [-0.39, 0.29) is 5.41 Å². The number of nitrogens with zero attached hydrogens (tertiary/aromatic N) is 3. The lowest BCUT2D eigenvalue weighted by Crippen LogP contribution is -2.14. The Morgan fingerprint density at radius 2 is 1.18 bits per heavy atom. The van der Waals surface area contributed by atoms with Gasteiger partial charge in [-0.15, -0.1) is 11.3 Å². The zero-order valence-corrected chi connectivity index (χ0v) is 25.6. The molecule has 4 heteroatoms. The Kier molecular flexibility index (Phi) is 6.46. The van der Waals surface area contributed by atoms with Crippen LogP contribution >= 0.6 is 11.3 Å². The number of hydrogen-bond acceptors (Lipinski definition) is 4. The topological polar surface area (TPSA) is 38.7 Å². The number of aromatic nitrogens is 3. The first-order valence-corrected chi connectivity index (χ1v) is 16.0. The zero-order chi connectivity index (χ0) is 29.7. The van der Waals surface area contributed by atoms with E-state index in [0.717, 1.165) is 62.8 Å². The highest BCUT2D eigenvalue weighted by atomic mass is 32.1. The van der Waals surface area contributed by atoms with Crippen LogP contribution in [0.25, 0.3) is 60.4 Å². The molecule has 3 nitrogen and oxygen atoms in total. The van der Waals surface area contributed by atoms with E-state index in [2.05, 4.69) is 141 Å². The summed E-state index contributed by atoms with van der Waals surface area (Å²) in [7, 11) is 0. The molecule has 6 aromatic rings. The molecule has 0 spiro atoms. The molecule has 2 aromatic heterocycles. The van der Waals surface area contributed by atoms with Crippen molar-refractivity contribution in [1.29, 1.82) is 0 Å². The number of rotatable bonds is 5. The highest BCUT2D eigenvalue weighted by Crippen LogP contribution is 2.53. The summed E-state index contributed by atoms with van der Waals surface area (Å²) in [5.41, 5.74) is 10.6. The number of allylic oxidation sites excluding steroid dienone is 4. The average Bonchev–Trinajstić information content (AvgIpc) is 3.63. The first-order chi connectivity index (χ1) is 21.5. The predicted molar refractivity (Wildman–Crippen MR) is 183 cm³/mol. The lowest BCUT2D eigenvalue weighted by Gasteiger charge is -2.20. The third-order valence-corrected chi connectivity index (χ3v) is 9.93. The lowest BCUT2D eigenvalue weighted by atomic mass is 9.83. The van der Waals surface area contributed by atoms with Gasteiger partial charge in [-0.25, -0.2) is 15.0 Å². The molecule has 2 aliphatic rings. The molecule has 0 saturated carbocycles. The molecule has 0 radical (unpaired) electrons. The second-order valence-corrected chi connectivity index (χ2v) is 13.1.